The van der Waals surface area contributed by atoms with Gasteiger partial charge in [0, 0.05) is 37.0 Å². The predicted octanol–water partition coefficient (Wildman–Crippen LogP) is 3.07. The molecule has 0 aliphatic carbocycles. The second-order valence-electron chi connectivity index (χ2n) is 7.80. The van der Waals surface area contributed by atoms with Crippen LogP contribution in [0.2, 0.25) is 0 Å². The standard InChI is InChI=1S/C24H21FN4O2/c25-21-8-7-16(13-22-18-5-1-2-6-19(18)23(15-30)27-26-22)12-20(21)24(31)29-11-10-28-9-3-4-17(28)14-29/h1-9,12,15,23,27H,10-11,13-14H2. The molecule has 2 aromatic carbocycles. The quantitative estimate of drug-likeness (QED) is 0.665. The molecular weight excluding hydrogens is 395 g/mol. The van der Waals surface area contributed by atoms with E-state index >= 15 is 0 Å². The number of aldehydes is 1. The Hall–Kier alpha value is -3.74. The minimum atomic E-state index is -0.528. The van der Waals surface area contributed by atoms with Crippen molar-refractivity contribution >= 4 is 17.9 Å². The van der Waals surface area contributed by atoms with Crippen molar-refractivity contribution in [2.75, 3.05) is 6.54 Å². The monoisotopic (exact) mass is 416 g/mol. The molecule has 6 nitrogen and oxygen atoms in total. The van der Waals surface area contributed by atoms with Crippen LogP contribution in [0.4, 0.5) is 4.39 Å². The van der Waals surface area contributed by atoms with Crippen LogP contribution in [0.1, 0.15) is 38.8 Å². The van der Waals surface area contributed by atoms with E-state index in [1.54, 1.807) is 17.0 Å². The largest absolute Gasteiger partial charge is 0.348 e. The molecule has 0 spiro atoms. The van der Waals surface area contributed by atoms with Crippen molar-refractivity contribution < 1.29 is 14.0 Å². The highest BCUT2D eigenvalue weighted by Gasteiger charge is 2.25. The van der Waals surface area contributed by atoms with Crippen LogP contribution in [0.25, 0.3) is 0 Å². The summed E-state index contributed by atoms with van der Waals surface area (Å²) in [6.07, 6.45) is 3.23. The summed E-state index contributed by atoms with van der Waals surface area (Å²) in [7, 11) is 0. The van der Waals surface area contributed by atoms with Crippen molar-refractivity contribution in [2.24, 2.45) is 5.10 Å². The zero-order valence-electron chi connectivity index (χ0n) is 16.8. The lowest BCUT2D eigenvalue weighted by Gasteiger charge is -2.29. The molecule has 2 aliphatic rings. The Labute approximate surface area is 179 Å². The Bertz CT molecular complexity index is 1200. The summed E-state index contributed by atoms with van der Waals surface area (Å²) in [5.41, 5.74) is 7.25. The zero-order chi connectivity index (χ0) is 21.4. The molecule has 0 fully saturated rings. The maximum absolute atomic E-state index is 14.6. The highest BCUT2D eigenvalue weighted by atomic mass is 19.1. The number of carbonyl (C=O) groups excluding carboxylic acids is 2. The Balaban J connectivity index is 1.40. The van der Waals surface area contributed by atoms with Gasteiger partial charge in [-0.05, 0) is 35.4 Å². The van der Waals surface area contributed by atoms with E-state index in [9.17, 15) is 14.0 Å². The maximum atomic E-state index is 14.6. The Morgan fingerprint density at radius 1 is 1.16 bits per heavy atom. The molecule has 7 heteroatoms. The van der Waals surface area contributed by atoms with Gasteiger partial charge < -0.3 is 14.3 Å². The van der Waals surface area contributed by atoms with E-state index < -0.39 is 11.9 Å². The molecule has 0 saturated carbocycles. The topological polar surface area (TPSA) is 66.7 Å². The fraction of sp³-hybridized carbons (Fsp3) is 0.208. The lowest BCUT2D eigenvalue weighted by molar-refractivity contribution is -0.109. The van der Waals surface area contributed by atoms with Gasteiger partial charge in [-0.15, -0.1) is 0 Å². The molecule has 156 valence electrons. The van der Waals surface area contributed by atoms with Crippen molar-refractivity contribution in [1.82, 2.24) is 14.9 Å². The molecule has 2 aliphatic heterocycles. The van der Waals surface area contributed by atoms with Crippen LogP contribution in [0, 0.1) is 5.82 Å². The number of hydrogen-bond acceptors (Lipinski definition) is 4. The van der Waals surface area contributed by atoms with Crippen molar-refractivity contribution in [3.8, 4) is 0 Å². The van der Waals surface area contributed by atoms with E-state index in [1.165, 1.54) is 6.07 Å². The molecule has 0 saturated heterocycles. The number of amides is 1. The van der Waals surface area contributed by atoms with Gasteiger partial charge in [-0.2, -0.15) is 5.10 Å². The summed E-state index contributed by atoms with van der Waals surface area (Å²) in [5.74, 6) is -0.836. The Kier molecular flexibility index (Phi) is 4.86. The molecule has 1 unspecified atom stereocenters. The first-order valence-electron chi connectivity index (χ1n) is 10.2. The molecule has 1 amide bonds. The van der Waals surface area contributed by atoms with Crippen molar-refractivity contribution in [2.45, 2.75) is 25.6 Å². The normalized spacial score (nSPS) is 17.3. The molecule has 1 aromatic heterocycles. The van der Waals surface area contributed by atoms with E-state index in [0.717, 1.165) is 34.4 Å². The third-order valence-corrected chi connectivity index (χ3v) is 5.89. The zero-order valence-corrected chi connectivity index (χ0v) is 16.8. The molecule has 0 radical (unpaired) electrons. The van der Waals surface area contributed by atoms with Crippen LogP contribution in [0.5, 0.6) is 0 Å². The third-order valence-electron chi connectivity index (χ3n) is 5.89. The van der Waals surface area contributed by atoms with E-state index in [-0.39, 0.29) is 11.5 Å². The number of carbonyl (C=O) groups is 2. The average Bonchev–Trinajstić information content (AvgIpc) is 3.28. The van der Waals surface area contributed by atoms with Gasteiger partial charge in [-0.25, -0.2) is 4.39 Å². The SMILES string of the molecule is O=CC1NN=C(Cc2ccc(F)c(C(=O)N3CCn4cccc4C3)c2)c2ccccc21. The average molecular weight is 416 g/mol. The van der Waals surface area contributed by atoms with Crippen LogP contribution < -0.4 is 5.43 Å². The van der Waals surface area contributed by atoms with Gasteiger partial charge in [0.1, 0.15) is 18.1 Å². The van der Waals surface area contributed by atoms with Crippen molar-refractivity contribution in [3.63, 3.8) is 0 Å². The second-order valence-corrected chi connectivity index (χ2v) is 7.80. The van der Waals surface area contributed by atoms with E-state index in [1.807, 2.05) is 42.6 Å². The molecule has 1 N–H and O–H groups in total. The first-order chi connectivity index (χ1) is 15.1. The number of fused-ring (bicyclic) bond motifs is 2. The summed E-state index contributed by atoms with van der Waals surface area (Å²) >= 11 is 0. The molecule has 31 heavy (non-hydrogen) atoms. The molecule has 0 bridgehead atoms. The van der Waals surface area contributed by atoms with Crippen LogP contribution in [0.15, 0.2) is 65.9 Å². The molecule has 3 heterocycles. The predicted molar refractivity (Wildman–Crippen MR) is 114 cm³/mol. The first-order valence-corrected chi connectivity index (χ1v) is 10.2. The van der Waals surface area contributed by atoms with Gasteiger partial charge in [-0.1, -0.05) is 30.3 Å². The van der Waals surface area contributed by atoms with Gasteiger partial charge in [0.05, 0.1) is 17.8 Å². The Morgan fingerprint density at radius 2 is 2.03 bits per heavy atom. The lowest BCUT2D eigenvalue weighted by atomic mass is 9.92. The van der Waals surface area contributed by atoms with Crippen molar-refractivity contribution in [3.05, 3.63) is 94.6 Å². The minimum absolute atomic E-state index is 0.0703. The molecular formula is C24H21FN4O2. The van der Waals surface area contributed by atoms with Crippen LogP contribution in [-0.2, 0) is 24.3 Å². The highest BCUT2D eigenvalue weighted by Crippen LogP contribution is 2.24. The fourth-order valence-corrected chi connectivity index (χ4v) is 4.24. The number of halogens is 1. The summed E-state index contributed by atoms with van der Waals surface area (Å²) in [6, 6.07) is 15.7. The van der Waals surface area contributed by atoms with Gasteiger partial charge in [0.25, 0.3) is 5.91 Å². The summed E-state index contributed by atoms with van der Waals surface area (Å²) < 4.78 is 16.7. The van der Waals surface area contributed by atoms with Crippen LogP contribution in [-0.4, -0.2) is 33.9 Å². The van der Waals surface area contributed by atoms with Gasteiger partial charge in [0.15, 0.2) is 0 Å². The van der Waals surface area contributed by atoms with E-state index in [0.29, 0.717) is 26.1 Å². The minimum Gasteiger partial charge on any atom is -0.348 e. The van der Waals surface area contributed by atoms with E-state index in [2.05, 4.69) is 15.1 Å². The number of nitrogens with zero attached hydrogens (tertiary/aromatic N) is 3. The van der Waals surface area contributed by atoms with Gasteiger partial charge >= 0.3 is 0 Å². The van der Waals surface area contributed by atoms with Crippen LogP contribution in [0.3, 0.4) is 0 Å². The van der Waals surface area contributed by atoms with Gasteiger partial charge in [-0.3, -0.25) is 10.2 Å². The number of aromatic nitrogens is 1. The molecule has 5 rings (SSSR count). The summed E-state index contributed by atoms with van der Waals surface area (Å²) in [6.45, 7) is 1.71. The number of benzene rings is 2. The fourth-order valence-electron chi connectivity index (χ4n) is 4.24. The number of hydrazone groups is 1. The van der Waals surface area contributed by atoms with E-state index in [4.69, 9.17) is 0 Å². The maximum Gasteiger partial charge on any atom is 0.257 e. The number of rotatable bonds is 4. The summed E-state index contributed by atoms with van der Waals surface area (Å²) in [4.78, 5) is 26.1. The summed E-state index contributed by atoms with van der Waals surface area (Å²) in [5, 5.41) is 4.37. The highest BCUT2D eigenvalue weighted by molar-refractivity contribution is 6.04. The number of nitrogens with one attached hydrogen (secondary N) is 1. The first kappa shape index (κ1) is 19.2. The second kappa shape index (κ2) is 7.83. The molecule has 1 atom stereocenters. The Morgan fingerprint density at radius 3 is 2.90 bits per heavy atom. The van der Waals surface area contributed by atoms with Gasteiger partial charge in [0.2, 0.25) is 0 Å². The third kappa shape index (κ3) is 3.52. The molecule has 3 aromatic rings. The van der Waals surface area contributed by atoms with Crippen LogP contribution >= 0.6 is 0 Å². The number of hydrogen-bond donors (Lipinski definition) is 1. The smallest absolute Gasteiger partial charge is 0.257 e. The van der Waals surface area contributed by atoms with Crippen molar-refractivity contribution in [1.29, 1.82) is 0 Å². The lowest BCUT2D eigenvalue weighted by Crippen LogP contribution is -2.38.